The second-order valence-electron chi connectivity index (χ2n) is 4.60. The summed E-state index contributed by atoms with van der Waals surface area (Å²) >= 11 is 3.35. The third-order valence-electron chi connectivity index (χ3n) is 3.24. The van der Waals surface area contributed by atoms with E-state index in [1.165, 1.54) is 18.2 Å². The molecule has 104 valence electrons. The van der Waals surface area contributed by atoms with Crippen LogP contribution in [-0.4, -0.2) is 5.91 Å². The Balaban J connectivity index is 1.94. The number of hydrogen-bond donors (Lipinski definition) is 2. The van der Waals surface area contributed by atoms with Crippen LogP contribution < -0.4 is 10.6 Å². The first-order valence-electron chi connectivity index (χ1n) is 6.15. The van der Waals surface area contributed by atoms with Gasteiger partial charge in [-0.05, 0) is 52.3 Å². The summed E-state index contributed by atoms with van der Waals surface area (Å²) in [6, 6.07) is 10.5. The molecule has 0 radical (unpaired) electrons. The number of halogens is 2. The molecule has 0 aromatic heterocycles. The van der Waals surface area contributed by atoms with Crippen LogP contribution in [0.5, 0.6) is 0 Å². The van der Waals surface area contributed by atoms with Gasteiger partial charge in [0.2, 0.25) is 0 Å². The van der Waals surface area contributed by atoms with E-state index in [0.717, 1.165) is 0 Å². The number of fused-ring (bicyclic) bond motifs is 1. The van der Waals surface area contributed by atoms with Gasteiger partial charge in [0.1, 0.15) is 11.9 Å². The van der Waals surface area contributed by atoms with Crippen LogP contribution >= 0.6 is 15.9 Å². The van der Waals surface area contributed by atoms with Gasteiger partial charge >= 0.3 is 0 Å². The molecule has 0 bridgehead atoms. The summed E-state index contributed by atoms with van der Waals surface area (Å²) in [4.78, 5) is 12.0. The lowest BCUT2D eigenvalue weighted by Crippen LogP contribution is -2.19. The van der Waals surface area contributed by atoms with E-state index in [1.54, 1.807) is 18.2 Å². The molecule has 4 nitrogen and oxygen atoms in total. The Kier molecular flexibility index (Phi) is 3.35. The van der Waals surface area contributed by atoms with Gasteiger partial charge in [-0.3, -0.25) is 4.79 Å². The van der Waals surface area contributed by atoms with Crippen LogP contribution in [0.4, 0.5) is 15.8 Å². The number of carbonyl (C=O) groups excluding carboxylic acids is 1. The van der Waals surface area contributed by atoms with Gasteiger partial charge in [0.15, 0.2) is 0 Å². The fourth-order valence-corrected chi connectivity index (χ4v) is 2.73. The van der Waals surface area contributed by atoms with Crippen LogP contribution in [0.15, 0.2) is 40.9 Å². The van der Waals surface area contributed by atoms with Gasteiger partial charge in [0.05, 0.1) is 11.6 Å². The molecule has 1 aliphatic heterocycles. The van der Waals surface area contributed by atoms with Crippen LogP contribution in [0.25, 0.3) is 0 Å². The highest BCUT2D eigenvalue weighted by molar-refractivity contribution is 9.10. The lowest BCUT2D eigenvalue weighted by Gasteiger charge is -2.14. The molecule has 21 heavy (non-hydrogen) atoms. The average molecular weight is 346 g/mol. The number of nitrogens with one attached hydrogen (secondary N) is 2. The highest BCUT2D eigenvalue weighted by Gasteiger charge is 2.31. The molecule has 6 heteroatoms. The van der Waals surface area contributed by atoms with E-state index in [9.17, 15) is 9.18 Å². The van der Waals surface area contributed by atoms with E-state index in [0.29, 0.717) is 27.0 Å². The summed E-state index contributed by atoms with van der Waals surface area (Å²) in [5.41, 5.74) is 2.33. The normalized spacial score (nSPS) is 16.0. The molecule has 1 unspecified atom stereocenters. The van der Waals surface area contributed by atoms with Gasteiger partial charge in [-0.15, -0.1) is 0 Å². The molecular formula is C15H9BrFN3O. The van der Waals surface area contributed by atoms with Crippen LogP contribution in [0.1, 0.15) is 17.2 Å². The summed E-state index contributed by atoms with van der Waals surface area (Å²) in [6.45, 7) is 0. The highest BCUT2D eigenvalue weighted by atomic mass is 79.9. The molecule has 1 heterocycles. The maximum atomic E-state index is 13.4. The second-order valence-corrected chi connectivity index (χ2v) is 5.46. The number of anilines is 2. The van der Waals surface area contributed by atoms with Crippen LogP contribution in [0, 0.1) is 17.1 Å². The van der Waals surface area contributed by atoms with Crippen molar-refractivity contribution in [1.82, 2.24) is 0 Å². The quantitative estimate of drug-likeness (QED) is 0.874. The van der Waals surface area contributed by atoms with E-state index >= 15 is 0 Å². The Morgan fingerprint density at radius 1 is 1.29 bits per heavy atom. The number of hydrogen-bond acceptors (Lipinski definition) is 3. The summed E-state index contributed by atoms with van der Waals surface area (Å²) in [7, 11) is 0. The Morgan fingerprint density at radius 2 is 2.10 bits per heavy atom. The molecule has 2 N–H and O–H groups in total. The van der Waals surface area contributed by atoms with Crippen molar-refractivity contribution in [3.05, 3.63) is 57.8 Å². The number of amides is 1. The number of nitrogens with zero attached hydrogens (tertiary/aromatic N) is 1. The zero-order valence-corrected chi connectivity index (χ0v) is 12.2. The minimum absolute atomic E-state index is 0.244. The van der Waals surface area contributed by atoms with Crippen molar-refractivity contribution in [1.29, 1.82) is 5.26 Å². The summed E-state index contributed by atoms with van der Waals surface area (Å²) < 4.78 is 14.0. The van der Waals surface area contributed by atoms with Crippen LogP contribution in [0.2, 0.25) is 0 Å². The first-order chi connectivity index (χ1) is 10.1. The van der Waals surface area contributed by atoms with E-state index in [2.05, 4.69) is 26.6 Å². The largest absolute Gasteiger partial charge is 0.369 e. The number of nitriles is 1. The zero-order valence-electron chi connectivity index (χ0n) is 10.7. The van der Waals surface area contributed by atoms with Crippen molar-refractivity contribution in [2.45, 2.75) is 6.04 Å². The van der Waals surface area contributed by atoms with Gasteiger partial charge in [-0.25, -0.2) is 4.39 Å². The van der Waals surface area contributed by atoms with Gasteiger partial charge < -0.3 is 10.6 Å². The molecular weight excluding hydrogens is 337 g/mol. The van der Waals surface area contributed by atoms with Gasteiger partial charge in [-0.1, -0.05) is 0 Å². The molecule has 1 atom stereocenters. The molecule has 1 amide bonds. The molecule has 0 aliphatic carbocycles. The Labute approximate surface area is 128 Å². The third-order valence-corrected chi connectivity index (χ3v) is 3.90. The molecule has 2 aromatic rings. The maximum Gasteiger partial charge on any atom is 0.251 e. The molecule has 0 saturated carbocycles. The highest BCUT2D eigenvalue weighted by Crippen LogP contribution is 2.35. The summed E-state index contributed by atoms with van der Waals surface area (Å²) in [5, 5.41) is 14.6. The number of carbonyl (C=O) groups is 1. The van der Waals surface area contributed by atoms with Crippen molar-refractivity contribution in [2.24, 2.45) is 0 Å². The standard InChI is InChI=1S/C15H9BrFN3O/c16-11-5-8(7-18)1-3-13(11)19-14-10-6-9(17)2-4-12(10)20-15(14)21/h1-6,14,19H,(H,20,21). The van der Waals surface area contributed by atoms with E-state index in [1.807, 2.05) is 6.07 Å². The minimum atomic E-state index is -0.667. The predicted octanol–water partition coefficient (Wildman–Crippen LogP) is 3.57. The smallest absolute Gasteiger partial charge is 0.251 e. The lowest BCUT2D eigenvalue weighted by molar-refractivity contribution is -0.116. The first kappa shape index (κ1) is 13.6. The summed E-state index contributed by atoms with van der Waals surface area (Å²) in [5.74, 6) is -0.636. The minimum Gasteiger partial charge on any atom is -0.369 e. The molecule has 0 spiro atoms. The van der Waals surface area contributed by atoms with Crippen molar-refractivity contribution >= 4 is 33.2 Å². The lowest BCUT2D eigenvalue weighted by atomic mass is 10.1. The molecule has 0 fully saturated rings. The predicted molar refractivity (Wildman–Crippen MR) is 80.3 cm³/mol. The fraction of sp³-hybridized carbons (Fsp3) is 0.0667. The maximum absolute atomic E-state index is 13.4. The van der Waals surface area contributed by atoms with Crippen molar-refractivity contribution in [3.8, 4) is 6.07 Å². The Hall–Kier alpha value is -2.39. The third kappa shape index (κ3) is 2.48. The zero-order chi connectivity index (χ0) is 15.0. The molecule has 3 rings (SSSR count). The molecule has 1 aliphatic rings. The number of benzene rings is 2. The van der Waals surface area contributed by atoms with Gasteiger partial charge in [0, 0.05) is 21.4 Å². The van der Waals surface area contributed by atoms with Crippen molar-refractivity contribution < 1.29 is 9.18 Å². The monoisotopic (exact) mass is 345 g/mol. The average Bonchev–Trinajstić information content (AvgIpc) is 2.77. The second kappa shape index (κ2) is 5.19. The number of rotatable bonds is 2. The fourth-order valence-electron chi connectivity index (χ4n) is 2.23. The van der Waals surface area contributed by atoms with E-state index in [-0.39, 0.29) is 5.91 Å². The van der Waals surface area contributed by atoms with Crippen molar-refractivity contribution in [3.63, 3.8) is 0 Å². The van der Waals surface area contributed by atoms with Crippen LogP contribution in [-0.2, 0) is 4.79 Å². The molecule has 0 saturated heterocycles. The first-order valence-corrected chi connectivity index (χ1v) is 6.94. The van der Waals surface area contributed by atoms with Gasteiger partial charge in [0.25, 0.3) is 5.91 Å². The van der Waals surface area contributed by atoms with E-state index in [4.69, 9.17) is 5.26 Å². The topological polar surface area (TPSA) is 64.9 Å². The Morgan fingerprint density at radius 3 is 2.81 bits per heavy atom. The SMILES string of the molecule is N#Cc1ccc(NC2C(=O)Nc3ccc(F)cc32)c(Br)c1. The van der Waals surface area contributed by atoms with Gasteiger partial charge in [-0.2, -0.15) is 5.26 Å². The Bertz CT molecular complexity index is 785. The van der Waals surface area contributed by atoms with E-state index < -0.39 is 11.9 Å². The van der Waals surface area contributed by atoms with Crippen LogP contribution in [0.3, 0.4) is 0 Å². The van der Waals surface area contributed by atoms with Crippen molar-refractivity contribution in [2.75, 3.05) is 10.6 Å². The summed E-state index contributed by atoms with van der Waals surface area (Å²) in [6.07, 6.45) is 0. The molecule has 2 aromatic carbocycles.